The molecule has 29 heavy (non-hydrogen) atoms. The molecule has 0 radical (unpaired) electrons. The Kier molecular flexibility index (Phi) is 5.11. The highest BCUT2D eigenvalue weighted by Crippen LogP contribution is 2.34. The van der Waals surface area contributed by atoms with Gasteiger partial charge in [0.05, 0.1) is 22.6 Å². The molecular weight excluding hydrogens is 384 g/mol. The number of carbonyl (C=O) groups excluding carboxylic acids is 1. The summed E-state index contributed by atoms with van der Waals surface area (Å²) in [4.78, 5) is 31.1. The molecule has 6 heteroatoms. The Hall–Kier alpha value is -3.12. The van der Waals surface area contributed by atoms with Gasteiger partial charge in [-0.05, 0) is 51.1 Å². The fourth-order valence-corrected chi connectivity index (χ4v) is 4.66. The zero-order valence-corrected chi connectivity index (χ0v) is 17.4. The van der Waals surface area contributed by atoms with Gasteiger partial charge in [0.15, 0.2) is 0 Å². The minimum atomic E-state index is -0.176. The standard InChI is InChI=1S/C23H22N2O3S/c1-4-25(18-8-6-7-9-19(18)28-5-2)23(27)20-13-16-21(29-20)15-12-14(3)10-11-17(15)24-22(16)26/h6-13H,4-5H2,1-3H3,(H,24,26). The molecule has 0 unspecified atom stereocenters. The second-order valence-corrected chi connectivity index (χ2v) is 7.86. The van der Waals surface area contributed by atoms with Gasteiger partial charge in [-0.1, -0.05) is 23.8 Å². The van der Waals surface area contributed by atoms with Crippen LogP contribution in [0.2, 0.25) is 0 Å². The van der Waals surface area contributed by atoms with Crippen LogP contribution in [0.15, 0.2) is 53.3 Å². The third-order valence-electron chi connectivity index (χ3n) is 4.87. The molecule has 0 atom stereocenters. The summed E-state index contributed by atoms with van der Waals surface area (Å²) < 4.78 is 6.55. The predicted octanol–water partition coefficient (Wildman–Crippen LogP) is 5.12. The Morgan fingerprint density at radius 2 is 1.90 bits per heavy atom. The van der Waals surface area contributed by atoms with Gasteiger partial charge in [0, 0.05) is 22.1 Å². The van der Waals surface area contributed by atoms with Crippen molar-refractivity contribution in [3.8, 4) is 5.75 Å². The second kappa shape index (κ2) is 7.72. The average Bonchev–Trinajstić information content (AvgIpc) is 3.17. The second-order valence-electron chi connectivity index (χ2n) is 6.81. The Morgan fingerprint density at radius 1 is 1.10 bits per heavy atom. The zero-order valence-electron chi connectivity index (χ0n) is 16.6. The van der Waals surface area contributed by atoms with E-state index in [-0.39, 0.29) is 11.5 Å². The number of carbonyl (C=O) groups is 1. The fraction of sp³-hybridized carbons (Fsp3) is 0.217. The number of hydrogen-bond acceptors (Lipinski definition) is 4. The zero-order chi connectivity index (χ0) is 20.5. The van der Waals surface area contributed by atoms with E-state index >= 15 is 0 Å². The Morgan fingerprint density at radius 3 is 2.66 bits per heavy atom. The summed E-state index contributed by atoms with van der Waals surface area (Å²) in [5.74, 6) is 0.534. The van der Waals surface area contributed by atoms with Gasteiger partial charge in [0.2, 0.25) is 0 Å². The number of fused-ring (bicyclic) bond motifs is 3. The monoisotopic (exact) mass is 406 g/mol. The molecule has 0 bridgehead atoms. The van der Waals surface area contributed by atoms with E-state index in [0.29, 0.717) is 29.2 Å². The van der Waals surface area contributed by atoms with Gasteiger partial charge in [-0.3, -0.25) is 9.59 Å². The number of aromatic nitrogens is 1. The molecule has 4 aromatic rings. The molecule has 2 heterocycles. The van der Waals surface area contributed by atoms with Gasteiger partial charge < -0.3 is 14.6 Å². The number of benzene rings is 2. The molecule has 5 nitrogen and oxygen atoms in total. The molecule has 2 aromatic heterocycles. The maximum Gasteiger partial charge on any atom is 0.268 e. The molecule has 1 N–H and O–H groups in total. The van der Waals surface area contributed by atoms with E-state index < -0.39 is 0 Å². The van der Waals surface area contributed by atoms with Crippen LogP contribution in [0.5, 0.6) is 5.75 Å². The number of pyridine rings is 1. The maximum atomic E-state index is 13.4. The van der Waals surface area contributed by atoms with Crippen LogP contribution < -0.4 is 15.2 Å². The topological polar surface area (TPSA) is 62.4 Å². The van der Waals surface area contributed by atoms with E-state index in [4.69, 9.17) is 4.74 Å². The van der Waals surface area contributed by atoms with Crippen molar-refractivity contribution in [3.05, 3.63) is 69.3 Å². The van der Waals surface area contributed by atoms with E-state index in [1.165, 1.54) is 11.3 Å². The number of nitrogens with one attached hydrogen (secondary N) is 1. The average molecular weight is 407 g/mol. The normalized spacial score (nSPS) is 11.1. The first-order chi connectivity index (χ1) is 14.0. The molecule has 0 spiro atoms. The highest BCUT2D eigenvalue weighted by molar-refractivity contribution is 7.21. The van der Waals surface area contributed by atoms with Crippen molar-refractivity contribution in [2.75, 3.05) is 18.1 Å². The number of hydrogen-bond donors (Lipinski definition) is 1. The molecule has 0 aliphatic heterocycles. The first kappa shape index (κ1) is 19.2. The first-order valence-corrected chi connectivity index (χ1v) is 10.4. The number of H-pyrrole nitrogens is 1. The van der Waals surface area contributed by atoms with Crippen LogP contribution in [0.4, 0.5) is 5.69 Å². The molecular formula is C23H22N2O3S. The molecule has 0 fully saturated rings. The van der Waals surface area contributed by atoms with Crippen LogP contribution in [-0.2, 0) is 0 Å². The number of rotatable bonds is 5. The molecule has 4 rings (SSSR count). The van der Waals surface area contributed by atoms with Crippen LogP contribution in [0.1, 0.15) is 29.1 Å². The summed E-state index contributed by atoms with van der Waals surface area (Å²) in [5, 5.41) is 1.51. The number of para-hydroxylation sites is 2. The lowest BCUT2D eigenvalue weighted by molar-refractivity contribution is 0.0991. The van der Waals surface area contributed by atoms with Gasteiger partial charge >= 0.3 is 0 Å². The number of amides is 1. The SMILES string of the molecule is CCOc1ccccc1N(CC)C(=O)c1cc2c(=O)[nH]c3ccc(C)cc3c2s1. The molecule has 0 aliphatic carbocycles. The number of thiophene rings is 1. The molecule has 0 aliphatic rings. The fourth-order valence-electron chi connectivity index (χ4n) is 3.52. The van der Waals surface area contributed by atoms with E-state index in [9.17, 15) is 9.59 Å². The highest BCUT2D eigenvalue weighted by atomic mass is 32.1. The third-order valence-corrected chi connectivity index (χ3v) is 6.03. The van der Waals surface area contributed by atoms with E-state index in [0.717, 1.165) is 26.9 Å². The summed E-state index contributed by atoms with van der Waals surface area (Å²) in [6.07, 6.45) is 0. The number of anilines is 1. The van der Waals surface area contributed by atoms with Gasteiger partial charge in [-0.25, -0.2) is 0 Å². The first-order valence-electron chi connectivity index (χ1n) is 9.63. The lowest BCUT2D eigenvalue weighted by Crippen LogP contribution is -2.30. The number of aryl methyl sites for hydroxylation is 1. The minimum Gasteiger partial charge on any atom is -0.492 e. The van der Waals surface area contributed by atoms with E-state index in [1.807, 2.05) is 63.2 Å². The molecule has 0 saturated carbocycles. The quantitative estimate of drug-likeness (QED) is 0.501. The summed E-state index contributed by atoms with van der Waals surface area (Å²) in [6.45, 7) is 6.87. The molecule has 0 saturated heterocycles. The smallest absolute Gasteiger partial charge is 0.268 e. The Balaban J connectivity index is 1.84. The van der Waals surface area contributed by atoms with Crippen LogP contribution in [0.3, 0.4) is 0 Å². The van der Waals surface area contributed by atoms with Crippen molar-refractivity contribution in [1.82, 2.24) is 4.98 Å². The van der Waals surface area contributed by atoms with Crippen molar-refractivity contribution in [2.24, 2.45) is 0 Å². The third kappa shape index (κ3) is 3.40. The van der Waals surface area contributed by atoms with Gasteiger partial charge in [-0.2, -0.15) is 0 Å². The van der Waals surface area contributed by atoms with E-state index in [2.05, 4.69) is 4.98 Å². The van der Waals surface area contributed by atoms with Crippen molar-refractivity contribution in [1.29, 1.82) is 0 Å². The summed E-state index contributed by atoms with van der Waals surface area (Å²) in [6, 6.07) is 15.1. The van der Waals surface area contributed by atoms with Crippen molar-refractivity contribution in [3.63, 3.8) is 0 Å². The van der Waals surface area contributed by atoms with Crippen molar-refractivity contribution in [2.45, 2.75) is 20.8 Å². The van der Waals surface area contributed by atoms with Gasteiger partial charge in [0.25, 0.3) is 11.5 Å². The van der Waals surface area contributed by atoms with Crippen LogP contribution in [0.25, 0.3) is 21.0 Å². The van der Waals surface area contributed by atoms with Gasteiger partial charge in [0.1, 0.15) is 5.75 Å². The largest absolute Gasteiger partial charge is 0.492 e. The Bertz CT molecular complexity index is 1270. The predicted molar refractivity (Wildman–Crippen MR) is 120 cm³/mol. The van der Waals surface area contributed by atoms with Crippen molar-refractivity contribution >= 4 is 43.9 Å². The number of aromatic amines is 1. The summed E-state index contributed by atoms with van der Waals surface area (Å²) in [7, 11) is 0. The van der Waals surface area contributed by atoms with Crippen LogP contribution in [0, 0.1) is 6.92 Å². The summed E-state index contributed by atoms with van der Waals surface area (Å²) >= 11 is 1.36. The lowest BCUT2D eigenvalue weighted by Gasteiger charge is -2.22. The molecule has 2 aromatic carbocycles. The van der Waals surface area contributed by atoms with Crippen LogP contribution >= 0.6 is 11.3 Å². The summed E-state index contributed by atoms with van der Waals surface area (Å²) in [5.41, 5.74) is 2.44. The maximum absolute atomic E-state index is 13.4. The van der Waals surface area contributed by atoms with E-state index in [1.54, 1.807) is 11.0 Å². The number of ether oxygens (including phenoxy) is 1. The van der Waals surface area contributed by atoms with Crippen molar-refractivity contribution < 1.29 is 9.53 Å². The Labute approximate surface area is 172 Å². The molecule has 1 amide bonds. The molecule has 148 valence electrons. The number of nitrogens with zero attached hydrogens (tertiary/aromatic N) is 1. The van der Waals surface area contributed by atoms with Crippen LogP contribution in [-0.4, -0.2) is 24.0 Å². The lowest BCUT2D eigenvalue weighted by atomic mass is 10.1. The highest BCUT2D eigenvalue weighted by Gasteiger charge is 2.22. The minimum absolute atomic E-state index is 0.138. The van der Waals surface area contributed by atoms with Gasteiger partial charge in [-0.15, -0.1) is 11.3 Å².